The van der Waals surface area contributed by atoms with Crippen molar-refractivity contribution >= 4 is 49.9 Å². The maximum absolute atomic E-state index is 13.0. The molecule has 0 bridgehead atoms. The van der Waals surface area contributed by atoms with Crippen LogP contribution in [-0.2, 0) is 10.0 Å². The van der Waals surface area contributed by atoms with Crippen LogP contribution in [0.25, 0.3) is 22.5 Å². The Morgan fingerprint density at radius 3 is 2.28 bits per heavy atom. The molecule has 0 N–H and O–H groups in total. The third kappa shape index (κ3) is 3.95. The first-order valence-electron chi connectivity index (χ1n) is 9.94. The summed E-state index contributed by atoms with van der Waals surface area (Å²) in [6.07, 6.45) is 1.57. The number of hydrogen-bond donors (Lipinski definition) is 0. The van der Waals surface area contributed by atoms with Crippen LogP contribution in [-0.4, -0.2) is 48.9 Å². The maximum atomic E-state index is 13.0. The molecule has 1 aliphatic rings. The van der Waals surface area contributed by atoms with Crippen LogP contribution in [0.2, 0.25) is 10.0 Å². The van der Waals surface area contributed by atoms with E-state index in [9.17, 15) is 8.42 Å². The highest BCUT2D eigenvalue weighted by Crippen LogP contribution is 2.31. The van der Waals surface area contributed by atoms with Gasteiger partial charge in [0.15, 0.2) is 11.6 Å². The Bertz CT molecular complexity index is 1370. The number of aromatic nitrogens is 2. The van der Waals surface area contributed by atoms with Crippen molar-refractivity contribution < 1.29 is 12.8 Å². The molecule has 0 unspecified atom stereocenters. The molecule has 0 radical (unpaired) electrons. The van der Waals surface area contributed by atoms with E-state index in [2.05, 4.69) is 9.88 Å². The van der Waals surface area contributed by atoms with Gasteiger partial charge >= 0.3 is 0 Å². The minimum atomic E-state index is -3.59. The lowest BCUT2D eigenvalue weighted by atomic mass is 10.2. The van der Waals surface area contributed by atoms with E-state index in [0.29, 0.717) is 53.3 Å². The van der Waals surface area contributed by atoms with Gasteiger partial charge in [-0.25, -0.2) is 18.4 Å². The van der Waals surface area contributed by atoms with Gasteiger partial charge < -0.3 is 9.32 Å². The third-order valence-corrected chi connectivity index (χ3v) is 7.77. The topological polar surface area (TPSA) is 79.5 Å². The molecular weight excluding hydrogens is 471 g/mol. The molecule has 1 aliphatic heterocycles. The molecule has 1 saturated heterocycles. The molecule has 0 aliphatic carbocycles. The average Bonchev–Trinajstić information content (AvgIpc) is 3.33. The maximum Gasteiger partial charge on any atom is 0.243 e. The molecule has 5 rings (SSSR count). The van der Waals surface area contributed by atoms with E-state index < -0.39 is 10.0 Å². The first-order chi connectivity index (χ1) is 15.4. The Morgan fingerprint density at radius 2 is 1.59 bits per heavy atom. The fraction of sp³-hybridized carbons (Fsp3) is 0.182. The molecule has 0 atom stereocenters. The highest BCUT2D eigenvalue weighted by molar-refractivity contribution is 7.89. The molecular formula is C22H18Cl2N4O3S. The van der Waals surface area contributed by atoms with Gasteiger partial charge in [-0.15, -0.1) is 0 Å². The number of halogens is 2. The van der Waals surface area contributed by atoms with Gasteiger partial charge in [-0.1, -0.05) is 23.2 Å². The Kier molecular flexibility index (Phi) is 5.54. The molecule has 10 heteroatoms. The molecule has 32 heavy (non-hydrogen) atoms. The fourth-order valence-corrected chi connectivity index (χ4v) is 5.45. The minimum Gasteiger partial charge on any atom is -0.461 e. The predicted octanol–water partition coefficient (Wildman–Crippen LogP) is 4.71. The number of piperazine rings is 1. The van der Waals surface area contributed by atoms with Crippen molar-refractivity contribution in [2.24, 2.45) is 0 Å². The Labute approximate surface area is 195 Å². The summed E-state index contributed by atoms with van der Waals surface area (Å²) < 4.78 is 33.0. The second-order valence-corrected chi connectivity index (χ2v) is 10.2. The summed E-state index contributed by atoms with van der Waals surface area (Å²) in [5, 5.41) is 1.92. The van der Waals surface area contributed by atoms with Crippen molar-refractivity contribution in [1.82, 2.24) is 14.3 Å². The summed E-state index contributed by atoms with van der Waals surface area (Å²) >= 11 is 12.1. The number of anilines is 1. The van der Waals surface area contributed by atoms with Crippen LogP contribution in [0.1, 0.15) is 0 Å². The van der Waals surface area contributed by atoms with Crippen LogP contribution >= 0.6 is 23.2 Å². The second kappa shape index (κ2) is 8.37. The molecule has 2 aromatic heterocycles. The summed E-state index contributed by atoms with van der Waals surface area (Å²) in [6.45, 7) is 1.64. The third-order valence-electron chi connectivity index (χ3n) is 5.37. The molecule has 4 aromatic rings. The first-order valence-corrected chi connectivity index (χ1v) is 12.1. The summed E-state index contributed by atoms with van der Waals surface area (Å²) in [5.74, 6) is 1.73. The SMILES string of the molecule is O=S(=O)(c1ccc(Cl)cc1)N1CCN(c2nc(-c3ccco3)nc3cc(Cl)ccc23)CC1. The molecule has 7 nitrogen and oxygen atoms in total. The van der Waals surface area contributed by atoms with E-state index in [1.54, 1.807) is 42.7 Å². The zero-order valence-corrected chi connectivity index (χ0v) is 19.1. The number of furan rings is 1. The summed E-state index contributed by atoms with van der Waals surface area (Å²) in [5.41, 5.74) is 0.699. The fourth-order valence-electron chi connectivity index (χ4n) is 3.74. The lowest BCUT2D eigenvalue weighted by molar-refractivity contribution is 0.384. The molecule has 0 saturated carbocycles. The quantitative estimate of drug-likeness (QED) is 0.413. The molecule has 1 fully saturated rings. The summed E-state index contributed by atoms with van der Waals surface area (Å²) in [6, 6.07) is 15.3. The van der Waals surface area contributed by atoms with Crippen LogP contribution in [0.15, 0.2) is 70.2 Å². The van der Waals surface area contributed by atoms with Gasteiger partial charge in [0.05, 0.1) is 16.7 Å². The van der Waals surface area contributed by atoms with Crippen molar-refractivity contribution in [2.75, 3.05) is 31.1 Å². The number of benzene rings is 2. The van der Waals surface area contributed by atoms with Gasteiger partial charge in [-0.3, -0.25) is 0 Å². The van der Waals surface area contributed by atoms with Gasteiger partial charge in [0.2, 0.25) is 10.0 Å². The van der Waals surface area contributed by atoms with Gasteiger partial charge in [-0.2, -0.15) is 4.31 Å². The minimum absolute atomic E-state index is 0.234. The predicted molar refractivity (Wildman–Crippen MR) is 125 cm³/mol. The summed E-state index contributed by atoms with van der Waals surface area (Å²) in [7, 11) is -3.59. The highest BCUT2D eigenvalue weighted by Gasteiger charge is 2.30. The largest absolute Gasteiger partial charge is 0.461 e. The van der Waals surface area contributed by atoms with Gasteiger partial charge in [0, 0.05) is 41.6 Å². The van der Waals surface area contributed by atoms with E-state index in [-0.39, 0.29) is 4.90 Å². The lowest BCUT2D eigenvalue weighted by Gasteiger charge is -2.35. The van der Waals surface area contributed by atoms with E-state index in [1.165, 1.54) is 16.4 Å². The number of hydrogen-bond acceptors (Lipinski definition) is 6. The van der Waals surface area contributed by atoms with E-state index in [4.69, 9.17) is 32.6 Å². The van der Waals surface area contributed by atoms with Crippen LogP contribution in [0.5, 0.6) is 0 Å². The number of rotatable bonds is 4. The Morgan fingerprint density at radius 1 is 0.875 bits per heavy atom. The highest BCUT2D eigenvalue weighted by atomic mass is 35.5. The summed E-state index contributed by atoms with van der Waals surface area (Å²) in [4.78, 5) is 11.7. The van der Waals surface area contributed by atoms with Gasteiger partial charge in [0.25, 0.3) is 0 Å². The number of sulfonamides is 1. The van der Waals surface area contributed by atoms with E-state index >= 15 is 0 Å². The van der Waals surface area contributed by atoms with Crippen molar-refractivity contribution in [2.45, 2.75) is 4.90 Å². The Hall–Kier alpha value is -2.65. The molecule has 3 heterocycles. The second-order valence-electron chi connectivity index (χ2n) is 7.35. The molecule has 2 aromatic carbocycles. The monoisotopic (exact) mass is 488 g/mol. The number of nitrogens with zero attached hydrogens (tertiary/aromatic N) is 4. The zero-order chi connectivity index (χ0) is 22.3. The molecule has 0 amide bonds. The van der Waals surface area contributed by atoms with Crippen molar-refractivity contribution in [3.05, 3.63) is 70.9 Å². The Balaban J connectivity index is 1.45. The number of fused-ring (bicyclic) bond motifs is 1. The average molecular weight is 489 g/mol. The van der Waals surface area contributed by atoms with Gasteiger partial charge in [0.1, 0.15) is 5.82 Å². The lowest BCUT2D eigenvalue weighted by Crippen LogP contribution is -2.49. The van der Waals surface area contributed by atoms with Crippen LogP contribution < -0.4 is 4.90 Å². The van der Waals surface area contributed by atoms with Crippen molar-refractivity contribution in [3.8, 4) is 11.6 Å². The van der Waals surface area contributed by atoms with Crippen LogP contribution in [0.4, 0.5) is 5.82 Å². The standard InChI is InChI=1S/C22H18Cl2N4O3S/c23-15-3-6-17(7-4-15)32(29,30)28-11-9-27(10-12-28)22-18-8-5-16(24)14-19(18)25-21(26-22)20-2-1-13-31-20/h1-8,13-14H,9-12H2. The van der Waals surface area contributed by atoms with Crippen molar-refractivity contribution in [1.29, 1.82) is 0 Å². The van der Waals surface area contributed by atoms with E-state index in [1.807, 2.05) is 6.07 Å². The van der Waals surface area contributed by atoms with Crippen LogP contribution in [0, 0.1) is 0 Å². The smallest absolute Gasteiger partial charge is 0.243 e. The van der Waals surface area contributed by atoms with Gasteiger partial charge in [-0.05, 0) is 54.6 Å². The first kappa shape index (κ1) is 21.2. The molecule has 164 valence electrons. The van der Waals surface area contributed by atoms with Crippen molar-refractivity contribution in [3.63, 3.8) is 0 Å². The zero-order valence-electron chi connectivity index (χ0n) is 16.8. The van der Waals surface area contributed by atoms with E-state index in [0.717, 1.165) is 11.2 Å². The normalized spacial score (nSPS) is 15.4. The molecule has 0 spiro atoms. The van der Waals surface area contributed by atoms with Crippen LogP contribution in [0.3, 0.4) is 0 Å².